The molecule has 2 saturated heterocycles. The zero-order chi connectivity index (χ0) is 13.7. The molecule has 0 aromatic heterocycles. The molecule has 0 aromatic rings. The molecule has 0 spiro atoms. The first-order valence-electron chi connectivity index (χ1n) is 7.56. The number of morpholine rings is 1. The number of rotatable bonds is 5. The molecule has 0 N–H and O–H groups in total. The van der Waals surface area contributed by atoms with Gasteiger partial charge in [-0.05, 0) is 46.2 Å². The molecule has 0 saturated carbocycles. The Hall–Kier alpha value is -0.630. The van der Waals surface area contributed by atoms with E-state index in [1.54, 1.807) is 0 Å². The molecule has 4 nitrogen and oxygen atoms in total. The lowest BCUT2D eigenvalue weighted by Crippen LogP contribution is -2.44. The van der Waals surface area contributed by atoms with Crippen molar-refractivity contribution < 1.29 is 4.74 Å². The highest BCUT2D eigenvalue weighted by atomic mass is 16.5. The van der Waals surface area contributed by atoms with Gasteiger partial charge in [-0.3, -0.25) is 4.90 Å². The molecule has 0 radical (unpaired) electrons. The van der Waals surface area contributed by atoms with E-state index >= 15 is 0 Å². The SMILES string of the molecule is CC(C)(C#N)CCCN1CCC(N2CCOCC2)C1. The van der Waals surface area contributed by atoms with Crippen LogP contribution in [0, 0.1) is 16.7 Å². The normalized spacial score (nSPS) is 26.5. The maximum absolute atomic E-state index is 9.02. The molecule has 108 valence electrons. The standard InChI is InChI=1S/C15H27N3O/c1-15(2,13-16)5-3-6-17-7-4-14(12-17)18-8-10-19-11-9-18/h14H,3-12H2,1-2H3. The maximum Gasteiger partial charge on any atom is 0.0683 e. The summed E-state index contributed by atoms with van der Waals surface area (Å²) >= 11 is 0. The van der Waals surface area contributed by atoms with Gasteiger partial charge in [0, 0.05) is 25.7 Å². The Balaban J connectivity index is 1.66. The van der Waals surface area contributed by atoms with Gasteiger partial charge < -0.3 is 9.64 Å². The summed E-state index contributed by atoms with van der Waals surface area (Å²) in [5, 5.41) is 9.02. The van der Waals surface area contributed by atoms with Crippen molar-refractivity contribution in [3.8, 4) is 6.07 Å². The Bertz CT molecular complexity index is 318. The third-order valence-electron chi connectivity index (χ3n) is 4.39. The maximum atomic E-state index is 9.02. The van der Waals surface area contributed by atoms with Gasteiger partial charge in [-0.1, -0.05) is 0 Å². The second-order valence-corrected chi connectivity index (χ2v) is 6.49. The van der Waals surface area contributed by atoms with E-state index in [0.29, 0.717) is 0 Å². The lowest BCUT2D eigenvalue weighted by atomic mass is 9.90. The van der Waals surface area contributed by atoms with Crippen LogP contribution in [0.2, 0.25) is 0 Å². The molecule has 0 amide bonds. The first-order valence-corrected chi connectivity index (χ1v) is 7.56. The fourth-order valence-corrected chi connectivity index (χ4v) is 3.06. The molecule has 0 bridgehead atoms. The van der Waals surface area contributed by atoms with E-state index < -0.39 is 0 Å². The summed E-state index contributed by atoms with van der Waals surface area (Å²) in [5.74, 6) is 0. The first-order chi connectivity index (χ1) is 9.11. The van der Waals surface area contributed by atoms with Gasteiger partial charge in [0.25, 0.3) is 0 Å². The van der Waals surface area contributed by atoms with Crippen molar-refractivity contribution in [1.82, 2.24) is 9.80 Å². The average Bonchev–Trinajstić information content (AvgIpc) is 2.88. The molecule has 0 aliphatic carbocycles. The van der Waals surface area contributed by atoms with Crippen LogP contribution in [0.5, 0.6) is 0 Å². The molecule has 2 heterocycles. The lowest BCUT2D eigenvalue weighted by Gasteiger charge is -2.32. The number of ether oxygens (including phenoxy) is 1. The first kappa shape index (κ1) is 14.8. The molecule has 2 aliphatic heterocycles. The number of likely N-dealkylation sites (tertiary alicyclic amines) is 1. The van der Waals surface area contributed by atoms with Crippen LogP contribution in [0.1, 0.15) is 33.1 Å². The van der Waals surface area contributed by atoms with Gasteiger partial charge >= 0.3 is 0 Å². The predicted molar refractivity (Wildman–Crippen MR) is 75.9 cm³/mol. The van der Waals surface area contributed by atoms with Gasteiger partial charge in [0.05, 0.1) is 24.7 Å². The van der Waals surface area contributed by atoms with Crippen LogP contribution in [0.25, 0.3) is 0 Å². The molecule has 2 aliphatic rings. The Morgan fingerprint density at radius 1 is 1.26 bits per heavy atom. The summed E-state index contributed by atoms with van der Waals surface area (Å²) in [4.78, 5) is 5.15. The van der Waals surface area contributed by atoms with Crippen LogP contribution < -0.4 is 0 Å². The quantitative estimate of drug-likeness (QED) is 0.759. The van der Waals surface area contributed by atoms with Gasteiger partial charge in [-0.15, -0.1) is 0 Å². The predicted octanol–water partition coefficient (Wildman–Crippen LogP) is 1.72. The molecule has 1 unspecified atom stereocenters. The monoisotopic (exact) mass is 265 g/mol. The number of hydrogen-bond acceptors (Lipinski definition) is 4. The summed E-state index contributed by atoms with van der Waals surface area (Å²) in [6, 6.07) is 3.12. The van der Waals surface area contributed by atoms with E-state index in [0.717, 1.165) is 51.7 Å². The van der Waals surface area contributed by atoms with Gasteiger partial charge in [-0.25, -0.2) is 0 Å². The van der Waals surface area contributed by atoms with E-state index in [9.17, 15) is 0 Å². The van der Waals surface area contributed by atoms with Gasteiger partial charge in [0.2, 0.25) is 0 Å². The Morgan fingerprint density at radius 2 is 2.00 bits per heavy atom. The summed E-state index contributed by atoms with van der Waals surface area (Å²) in [6.07, 6.45) is 3.43. The van der Waals surface area contributed by atoms with E-state index in [1.165, 1.54) is 19.5 Å². The summed E-state index contributed by atoms with van der Waals surface area (Å²) in [6.45, 7) is 11.6. The second-order valence-electron chi connectivity index (χ2n) is 6.49. The van der Waals surface area contributed by atoms with Gasteiger partial charge in [-0.2, -0.15) is 5.26 Å². The molecule has 2 fully saturated rings. The van der Waals surface area contributed by atoms with Crippen molar-refractivity contribution >= 4 is 0 Å². The van der Waals surface area contributed by atoms with Crippen molar-refractivity contribution in [2.24, 2.45) is 5.41 Å². The zero-order valence-electron chi connectivity index (χ0n) is 12.4. The second kappa shape index (κ2) is 6.69. The highest BCUT2D eigenvalue weighted by Gasteiger charge is 2.28. The largest absolute Gasteiger partial charge is 0.379 e. The van der Waals surface area contributed by atoms with E-state index in [-0.39, 0.29) is 5.41 Å². The molecular weight excluding hydrogens is 238 g/mol. The van der Waals surface area contributed by atoms with Crippen LogP contribution in [-0.2, 0) is 4.74 Å². The van der Waals surface area contributed by atoms with Gasteiger partial charge in [0.15, 0.2) is 0 Å². The van der Waals surface area contributed by atoms with Crippen molar-refractivity contribution in [1.29, 1.82) is 5.26 Å². The van der Waals surface area contributed by atoms with Crippen LogP contribution in [0.3, 0.4) is 0 Å². The third-order valence-corrected chi connectivity index (χ3v) is 4.39. The fraction of sp³-hybridized carbons (Fsp3) is 0.933. The summed E-state index contributed by atoms with van der Waals surface area (Å²) in [5.41, 5.74) is -0.163. The molecule has 19 heavy (non-hydrogen) atoms. The number of nitrogens with zero attached hydrogens (tertiary/aromatic N) is 3. The summed E-state index contributed by atoms with van der Waals surface area (Å²) in [7, 11) is 0. The third kappa shape index (κ3) is 4.45. The Labute approximate surface area is 117 Å². The fourth-order valence-electron chi connectivity index (χ4n) is 3.06. The molecule has 1 atom stereocenters. The minimum Gasteiger partial charge on any atom is -0.379 e. The minimum atomic E-state index is -0.163. The molecular formula is C15H27N3O. The summed E-state index contributed by atoms with van der Waals surface area (Å²) < 4.78 is 5.41. The number of nitriles is 1. The highest BCUT2D eigenvalue weighted by Crippen LogP contribution is 2.22. The van der Waals surface area contributed by atoms with Crippen molar-refractivity contribution in [3.63, 3.8) is 0 Å². The minimum absolute atomic E-state index is 0.163. The highest BCUT2D eigenvalue weighted by molar-refractivity contribution is 4.92. The van der Waals surface area contributed by atoms with E-state index in [1.807, 2.05) is 13.8 Å². The van der Waals surface area contributed by atoms with Gasteiger partial charge in [0.1, 0.15) is 0 Å². The van der Waals surface area contributed by atoms with Crippen LogP contribution in [0.15, 0.2) is 0 Å². The number of hydrogen-bond donors (Lipinski definition) is 0. The average molecular weight is 265 g/mol. The van der Waals surface area contributed by atoms with Crippen LogP contribution in [0.4, 0.5) is 0 Å². The Kier molecular flexibility index (Phi) is 5.20. The lowest BCUT2D eigenvalue weighted by molar-refractivity contribution is 0.0185. The van der Waals surface area contributed by atoms with Crippen LogP contribution >= 0.6 is 0 Å². The molecule has 2 rings (SSSR count). The van der Waals surface area contributed by atoms with Crippen molar-refractivity contribution in [2.45, 2.75) is 39.2 Å². The van der Waals surface area contributed by atoms with E-state index in [2.05, 4.69) is 15.9 Å². The zero-order valence-corrected chi connectivity index (χ0v) is 12.4. The topological polar surface area (TPSA) is 39.5 Å². The smallest absolute Gasteiger partial charge is 0.0683 e. The Morgan fingerprint density at radius 3 is 2.68 bits per heavy atom. The molecule has 4 heteroatoms. The van der Waals surface area contributed by atoms with Crippen molar-refractivity contribution in [3.05, 3.63) is 0 Å². The molecule has 0 aromatic carbocycles. The van der Waals surface area contributed by atoms with E-state index in [4.69, 9.17) is 10.00 Å². The van der Waals surface area contributed by atoms with Crippen molar-refractivity contribution in [2.75, 3.05) is 45.9 Å². The van der Waals surface area contributed by atoms with Crippen LogP contribution in [-0.4, -0.2) is 61.8 Å².